The van der Waals surface area contributed by atoms with Gasteiger partial charge in [-0.2, -0.15) is 26.3 Å². The van der Waals surface area contributed by atoms with E-state index in [1.54, 1.807) is 0 Å². The molecule has 2 heterocycles. The Labute approximate surface area is 209 Å². The minimum absolute atomic E-state index is 0.0432. The van der Waals surface area contributed by atoms with E-state index in [1.807, 2.05) is 0 Å². The van der Waals surface area contributed by atoms with Gasteiger partial charge in [0.15, 0.2) is 6.10 Å². The van der Waals surface area contributed by atoms with E-state index in [0.717, 1.165) is 4.90 Å². The molecule has 2 aliphatic rings. The molecule has 2 aromatic carbocycles. The topological polar surface area (TPSA) is 81.1 Å². The van der Waals surface area contributed by atoms with Gasteiger partial charge in [0.05, 0.1) is 21.2 Å². The third kappa shape index (κ3) is 4.51. The Hall–Kier alpha value is -2.54. The van der Waals surface area contributed by atoms with Crippen LogP contribution >= 0.6 is 23.2 Å². The van der Waals surface area contributed by atoms with Crippen LogP contribution in [0.3, 0.4) is 0 Å². The van der Waals surface area contributed by atoms with Gasteiger partial charge < -0.3 is 15.1 Å². The quantitative estimate of drug-likeness (QED) is 0.536. The second-order valence-corrected chi connectivity index (χ2v) is 9.09. The normalized spacial score (nSPS) is 22.7. The molecule has 0 aliphatic carbocycles. The molecule has 1 fully saturated rings. The van der Waals surface area contributed by atoms with E-state index >= 15 is 0 Å². The van der Waals surface area contributed by atoms with Crippen LogP contribution in [0.4, 0.5) is 37.7 Å². The lowest BCUT2D eigenvalue weighted by molar-refractivity contribution is -0.143. The molecule has 2 aliphatic heterocycles. The lowest BCUT2D eigenvalue weighted by atomic mass is 9.99. The predicted molar refractivity (Wildman–Crippen MR) is 117 cm³/mol. The number of carbonyl (C=O) groups is 2. The van der Waals surface area contributed by atoms with Gasteiger partial charge in [-0.1, -0.05) is 23.2 Å². The summed E-state index contributed by atoms with van der Waals surface area (Å²) in [6.45, 7) is 0.0432. The van der Waals surface area contributed by atoms with E-state index in [9.17, 15) is 46.1 Å². The summed E-state index contributed by atoms with van der Waals surface area (Å²) in [5.41, 5.74) is -3.70. The molecule has 4 rings (SSSR count). The fourth-order valence-electron chi connectivity index (χ4n) is 4.37. The zero-order valence-corrected chi connectivity index (χ0v) is 19.4. The Bertz CT molecular complexity index is 1200. The first-order chi connectivity index (χ1) is 16.6. The molecule has 1 saturated heterocycles. The van der Waals surface area contributed by atoms with Gasteiger partial charge in [0, 0.05) is 17.9 Å². The number of benzene rings is 2. The number of rotatable bonds is 2. The van der Waals surface area contributed by atoms with Crippen molar-refractivity contribution in [1.82, 2.24) is 0 Å². The number of aliphatic hydroxyl groups is 2. The van der Waals surface area contributed by atoms with Crippen molar-refractivity contribution in [2.75, 3.05) is 16.3 Å². The maximum Gasteiger partial charge on any atom is 0.416 e. The van der Waals surface area contributed by atoms with Gasteiger partial charge in [-0.25, -0.2) is 0 Å². The number of amides is 2. The molecule has 0 saturated carbocycles. The third-order valence-electron chi connectivity index (χ3n) is 6.06. The first-order valence-electron chi connectivity index (χ1n) is 10.4. The van der Waals surface area contributed by atoms with Crippen molar-refractivity contribution >= 4 is 46.4 Å². The standard InChI is InChI=1S/C22H16Cl2F6N2O4/c23-13-3-4-14-12(15(13)24)2-1-5-31(14)19(35)16-17(33)18(34)20(36)32(16)11-7-9(21(25,26)27)6-10(8-11)22(28,29)30/h3-4,6-8,16-18,33-34H,1-2,5H2/t16-,17-,18-/m0/s1. The summed E-state index contributed by atoms with van der Waals surface area (Å²) in [4.78, 5) is 27.6. The lowest BCUT2D eigenvalue weighted by Gasteiger charge is -2.35. The summed E-state index contributed by atoms with van der Waals surface area (Å²) in [5, 5.41) is 21.0. The number of anilines is 2. The number of carbonyl (C=O) groups excluding carboxylic acids is 2. The SMILES string of the molecule is O=C([C@@H]1[C@H](O)[C@H](O)C(=O)N1c1cc(C(F)(F)F)cc(C(F)(F)F)c1)N1CCCc2c1ccc(Cl)c2Cl. The van der Waals surface area contributed by atoms with Crippen LogP contribution in [0.1, 0.15) is 23.1 Å². The lowest BCUT2D eigenvalue weighted by Crippen LogP contribution is -2.52. The summed E-state index contributed by atoms with van der Waals surface area (Å²) in [6.07, 6.45) is -14.1. The Morgan fingerprint density at radius 1 is 0.972 bits per heavy atom. The smallest absolute Gasteiger partial charge is 0.387 e. The van der Waals surface area contributed by atoms with Crippen molar-refractivity contribution in [1.29, 1.82) is 0 Å². The Morgan fingerprint density at radius 2 is 1.56 bits per heavy atom. The molecule has 0 aromatic heterocycles. The number of alkyl halides is 6. The second-order valence-electron chi connectivity index (χ2n) is 8.31. The van der Waals surface area contributed by atoms with E-state index in [-0.39, 0.29) is 45.4 Å². The number of hydrogen-bond acceptors (Lipinski definition) is 4. The van der Waals surface area contributed by atoms with Gasteiger partial charge in [-0.3, -0.25) is 14.5 Å². The molecule has 36 heavy (non-hydrogen) atoms. The molecule has 0 unspecified atom stereocenters. The molecule has 3 atom stereocenters. The summed E-state index contributed by atoms with van der Waals surface area (Å²) in [7, 11) is 0. The van der Waals surface area contributed by atoms with Gasteiger partial charge in [-0.05, 0) is 48.7 Å². The van der Waals surface area contributed by atoms with Crippen molar-refractivity contribution in [2.24, 2.45) is 0 Å². The molecule has 2 aromatic rings. The van der Waals surface area contributed by atoms with Crippen molar-refractivity contribution < 1.29 is 46.1 Å². The monoisotopic (exact) mass is 556 g/mol. The zero-order valence-electron chi connectivity index (χ0n) is 17.9. The highest BCUT2D eigenvalue weighted by molar-refractivity contribution is 6.42. The molecule has 2 N–H and O–H groups in total. The first-order valence-corrected chi connectivity index (χ1v) is 11.2. The minimum atomic E-state index is -5.22. The largest absolute Gasteiger partial charge is 0.416 e. The highest BCUT2D eigenvalue weighted by Crippen LogP contribution is 2.42. The number of hydrogen-bond donors (Lipinski definition) is 2. The first kappa shape index (κ1) is 26.5. The van der Waals surface area contributed by atoms with E-state index in [4.69, 9.17) is 23.2 Å². The summed E-state index contributed by atoms with van der Waals surface area (Å²) in [5.74, 6) is -2.46. The minimum Gasteiger partial charge on any atom is -0.387 e. The van der Waals surface area contributed by atoms with Crippen LogP contribution in [0.2, 0.25) is 10.0 Å². The number of halogens is 8. The average Bonchev–Trinajstić information content (AvgIpc) is 3.03. The van der Waals surface area contributed by atoms with Crippen molar-refractivity contribution in [2.45, 2.75) is 43.4 Å². The zero-order chi connectivity index (χ0) is 26.7. The van der Waals surface area contributed by atoms with Crippen LogP contribution in [0.15, 0.2) is 30.3 Å². The van der Waals surface area contributed by atoms with Crippen LogP contribution in [-0.2, 0) is 28.4 Å². The highest BCUT2D eigenvalue weighted by Gasteiger charge is 2.53. The highest BCUT2D eigenvalue weighted by atomic mass is 35.5. The summed E-state index contributed by atoms with van der Waals surface area (Å²) in [6, 6.07) is 1.17. The number of fused-ring (bicyclic) bond motifs is 1. The molecule has 0 radical (unpaired) electrons. The van der Waals surface area contributed by atoms with E-state index in [2.05, 4.69) is 0 Å². The Morgan fingerprint density at radius 3 is 2.11 bits per heavy atom. The third-order valence-corrected chi connectivity index (χ3v) is 6.90. The Balaban J connectivity index is 1.84. The Kier molecular flexibility index (Phi) is 6.69. The van der Waals surface area contributed by atoms with Gasteiger partial charge in [0.1, 0.15) is 12.1 Å². The number of aliphatic hydroxyl groups excluding tert-OH is 2. The van der Waals surface area contributed by atoms with Crippen LogP contribution in [0.25, 0.3) is 0 Å². The van der Waals surface area contributed by atoms with E-state index in [0.29, 0.717) is 18.4 Å². The molecule has 0 spiro atoms. The van der Waals surface area contributed by atoms with Crippen molar-refractivity contribution in [3.8, 4) is 0 Å². The van der Waals surface area contributed by atoms with Crippen molar-refractivity contribution in [3.63, 3.8) is 0 Å². The maximum absolute atomic E-state index is 13.5. The fourth-order valence-corrected chi connectivity index (χ4v) is 4.80. The molecule has 2 amide bonds. The molecule has 6 nitrogen and oxygen atoms in total. The van der Waals surface area contributed by atoms with Gasteiger partial charge in [0.2, 0.25) is 0 Å². The molecule has 194 valence electrons. The average molecular weight is 557 g/mol. The maximum atomic E-state index is 13.5. The fraction of sp³-hybridized carbons (Fsp3) is 0.364. The van der Waals surface area contributed by atoms with Crippen molar-refractivity contribution in [3.05, 3.63) is 57.1 Å². The number of nitrogens with zero attached hydrogens (tertiary/aromatic N) is 2. The molecule has 0 bridgehead atoms. The summed E-state index contributed by atoms with van der Waals surface area (Å²) >= 11 is 12.2. The van der Waals surface area contributed by atoms with Gasteiger partial charge in [-0.15, -0.1) is 0 Å². The van der Waals surface area contributed by atoms with E-state index < -0.39 is 59.2 Å². The predicted octanol–water partition coefficient (Wildman–Crippen LogP) is 4.45. The second kappa shape index (κ2) is 9.09. The van der Waals surface area contributed by atoms with Crippen LogP contribution in [0, 0.1) is 0 Å². The molecular formula is C22H16Cl2F6N2O4. The van der Waals surface area contributed by atoms with E-state index in [1.165, 1.54) is 12.1 Å². The van der Waals surface area contributed by atoms with Crippen LogP contribution < -0.4 is 9.80 Å². The van der Waals surface area contributed by atoms with Crippen LogP contribution in [-0.4, -0.2) is 46.8 Å². The summed E-state index contributed by atoms with van der Waals surface area (Å²) < 4.78 is 80.3. The molecule has 14 heteroatoms. The van der Waals surface area contributed by atoms with Crippen LogP contribution in [0.5, 0.6) is 0 Å². The van der Waals surface area contributed by atoms with Gasteiger partial charge >= 0.3 is 12.4 Å². The van der Waals surface area contributed by atoms with Gasteiger partial charge in [0.25, 0.3) is 11.8 Å². The molecular weight excluding hydrogens is 541 g/mol.